The van der Waals surface area contributed by atoms with Crippen LogP contribution >= 0.6 is 22.9 Å². The third-order valence-corrected chi connectivity index (χ3v) is 6.86. The van der Waals surface area contributed by atoms with Gasteiger partial charge in [0.1, 0.15) is 16.3 Å². The number of halogens is 1. The molecule has 0 saturated heterocycles. The van der Waals surface area contributed by atoms with Crippen molar-refractivity contribution in [3.05, 3.63) is 40.8 Å². The Labute approximate surface area is 174 Å². The smallest absolute Gasteiger partial charge is 0.235 e. The van der Waals surface area contributed by atoms with Gasteiger partial charge >= 0.3 is 0 Å². The zero-order valence-corrected chi connectivity index (χ0v) is 18.4. The lowest BCUT2D eigenvalue weighted by molar-refractivity contribution is -0.119. The van der Waals surface area contributed by atoms with Gasteiger partial charge in [0, 0.05) is 17.8 Å². The zero-order valence-electron chi connectivity index (χ0n) is 16.1. The number of amides is 1. The summed E-state index contributed by atoms with van der Waals surface area (Å²) in [7, 11) is -2.87. The number of nitrogens with one attached hydrogen (secondary N) is 1. The first-order valence-electron chi connectivity index (χ1n) is 8.43. The summed E-state index contributed by atoms with van der Waals surface area (Å²) in [5.74, 6) is 3.75. The maximum atomic E-state index is 12.3. The molecule has 7 nitrogen and oxygen atoms in total. The van der Waals surface area contributed by atoms with Crippen LogP contribution in [0.1, 0.15) is 32.8 Å². The van der Waals surface area contributed by atoms with Crippen LogP contribution < -0.4 is 10.5 Å². The topological polar surface area (TPSA) is 115 Å². The first-order chi connectivity index (χ1) is 13.0. The molecule has 28 heavy (non-hydrogen) atoms. The average Bonchev–Trinajstić information content (AvgIpc) is 3.02. The molecule has 2 atom stereocenters. The fraction of sp³-hybridized carbons (Fsp3) is 0.389. The van der Waals surface area contributed by atoms with Crippen LogP contribution in [-0.4, -0.2) is 37.8 Å². The minimum atomic E-state index is -2.87. The molecule has 2 aromatic rings. The summed E-state index contributed by atoms with van der Waals surface area (Å²) in [6, 6.07) is 1.29. The Morgan fingerprint density at radius 2 is 1.96 bits per heavy atom. The van der Waals surface area contributed by atoms with E-state index in [1.807, 2.05) is 0 Å². The van der Waals surface area contributed by atoms with E-state index in [0.29, 0.717) is 20.7 Å². The number of nitrogens with two attached hydrogens (primary N) is 1. The molecule has 2 unspecified atom stereocenters. The Morgan fingerprint density at radius 1 is 1.36 bits per heavy atom. The number of aromatic nitrogens is 2. The second kappa shape index (κ2) is 11.3. The Hall–Kier alpha value is -1.81. The molecule has 0 saturated carbocycles. The highest BCUT2D eigenvalue weighted by Crippen LogP contribution is 2.23. The van der Waals surface area contributed by atoms with Gasteiger partial charge in [0.2, 0.25) is 5.91 Å². The van der Waals surface area contributed by atoms with Gasteiger partial charge in [-0.1, -0.05) is 25.4 Å². The van der Waals surface area contributed by atoms with E-state index >= 15 is 0 Å². The summed E-state index contributed by atoms with van der Waals surface area (Å²) < 4.78 is 15.1. The monoisotopic (exact) mass is 444 g/mol. The number of thiophene rings is 1. The van der Waals surface area contributed by atoms with Gasteiger partial charge in [0.05, 0.1) is 27.2 Å². The molecule has 0 spiro atoms. The maximum absolute atomic E-state index is 12.3. The van der Waals surface area contributed by atoms with Crippen LogP contribution in [0, 0.1) is 5.92 Å². The molecule has 2 heterocycles. The van der Waals surface area contributed by atoms with Gasteiger partial charge in [-0.05, 0) is 36.8 Å². The van der Waals surface area contributed by atoms with Crippen LogP contribution in [0.4, 0.5) is 0 Å². The van der Waals surface area contributed by atoms with E-state index in [2.05, 4.69) is 34.4 Å². The summed E-state index contributed by atoms with van der Waals surface area (Å²) in [6.07, 6.45) is 5.28. The number of hydrogen-bond donors (Lipinski definition) is 2. The third kappa shape index (κ3) is 8.92. The molecule has 154 valence electrons. The normalized spacial score (nSPS) is 13.8. The summed E-state index contributed by atoms with van der Waals surface area (Å²) in [5.41, 5.74) is 6.11. The first kappa shape index (κ1) is 24.2. The number of hydrogen-bond acceptors (Lipinski definition) is 7. The quantitative estimate of drug-likeness (QED) is 0.634. The summed E-state index contributed by atoms with van der Waals surface area (Å²) in [6.45, 7) is 5.65. The maximum Gasteiger partial charge on any atom is 0.235 e. The number of nitrogens with zero attached hydrogens (tertiary/aromatic N) is 2. The standard InChI is InChI=1S/C11H10ClN3O2S2.C7H15NO/c1-19(17,11-3-9(12)6-18-11)15-10(16)2-8-4-13-7-14-5-8;1-5(2)4-7(8)6(3)9/h3-7H,1-2H2,(H,15,16,17);5,7H,4,8H2,1-3H3. The minimum absolute atomic E-state index is 0.0481. The Bertz CT molecular complexity index is 883. The molecule has 0 aliphatic heterocycles. The van der Waals surface area contributed by atoms with E-state index in [0.717, 1.165) is 6.42 Å². The van der Waals surface area contributed by atoms with Gasteiger partial charge in [-0.25, -0.2) is 14.2 Å². The van der Waals surface area contributed by atoms with Crippen LogP contribution in [0.15, 0.2) is 34.4 Å². The molecule has 0 aliphatic carbocycles. The van der Waals surface area contributed by atoms with E-state index in [-0.39, 0.29) is 18.2 Å². The molecule has 1 amide bonds. The van der Waals surface area contributed by atoms with E-state index < -0.39 is 15.6 Å². The highest BCUT2D eigenvalue weighted by atomic mass is 35.5. The van der Waals surface area contributed by atoms with Crippen molar-refractivity contribution in [3.8, 4) is 0 Å². The third-order valence-electron chi connectivity index (χ3n) is 3.37. The molecule has 0 radical (unpaired) electrons. The largest absolute Gasteiger partial charge is 0.322 e. The van der Waals surface area contributed by atoms with Gasteiger partial charge in [0.15, 0.2) is 0 Å². The predicted octanol–water partition coefficient (Wildman–Crippen LogP) is 2.49. The van der Waals surface area contributed by atoms with E-state index in [9.17, 15) is 13.8 Å². The molecule has 0 aromatic carbocycles. The summed E-state index contributed by atoms with van der Waals surface area (Å²) in [5, 5.41) is 2.11. The number of Topliss-reactive ketones (excluding diaryl/α,β-unsaturated/α-hetero) is 1. The van der Waals surface area contributed by atoms with Crippen molar-refractivity contribution in [2.75, 3.05) is 0 Å². The van der Waals surface area contributed by atoms with Gasteiger partial charge in [-0.3, -0.25) is 14.3 Å². The van der Waals surface area contributed by atoms with Crippen molar-refractivity contribution in [2.24, 2.45) is 11.7 Å². The second-order valence-corrected chi connectivity index (χ2v) is 10.2. The number of ketones is 1. The van der Waals surface area contributed by atoms with Crippen molar-refractivity contribution in [2.45, 2.75) is 43.9 Å². The molecule has 0 bridgehead atoms. The van der Waals surface area contributed by atoms with Crippen molar-refractivity contribution in [1.29, 1.82) is 0 Å². The molecular weight excluding hydrogens is 420 g/mol. The van der Waals surface area contributed by atoms with Gasteiger partial charge in [-0.15, -0.1) is 11.3 Å². The van der Waals surface area contributed by atoms with Crippen LogP contribution in [-0.2, 0) is 25.7 Å². The van der Waals surface area contributed by atoms with Crippen LogP contribution in [0.5, 0.6) is 0 Å². The molecular formula is C18H25ClN4O3S2. The van der Waals surface area contributed by atoms with Gasteiger partial charge in [0.25, 0.3) is 0 Å². The fourth-order valence-electron chi connectivity index (χ4n) is 2.02. The minimum Gasteiger partial charge on any atom is -0.322 e. The van der Waals surface area contributed by atoms with Gasteiger partial charge in [-0.2, -0.15) is 0 Å². The lowest BCUT2D eigenvalue weighted by Gasteiger charge is -2.09. The lowest BCUT2D eigenvalue weighted by Crippen LogP contribution is -2.31. The molecule has 0 aliphatic rings. The number of rotatable bonds is 7. The molecule has 0 fully saturated rings. The Morgan fingerprint density at radius 3 is 2.39 bits per heavy atom. The fourth-order valence-corrected chi connectivity index (χ4v) is 4.63. The highest BCUT2D eigenvalue weighted by molar-refractivity contribution is 8.00. The van der Waals surface area contributed by atoms with E-state index in [1.165, 1.54) is 43.0 Å². The zero-order chi connectivity index (χ0) is 21.3. The number of carbonyl (C=O) groups excluding carboxylic acids is 2. The average molecular weight is 445 g/mol. The molecule has 3 N–H and O–H groups in total. The van der Waals surface area contributed by atoms with Gasteiger partial charge < -0.3 is 5.73 Å². The Kier molecular flexibility index (Phi) is 9.74. The van der Waals surface area contributed by atoms with Crippen molar-refractivity contribution < 1.29 is 13.8 Å². The van der Waals surface area contributed by atoms with E-state index in [4.69, 9.17) is 17.3 Å². The predicted molar refractivity (Wildman–Crippen MR) is 115 cm³/mol. The highest BCUT2D eigenvalue weighted by Gasteiger charge is 2.14. The molecule has 2 aromatic heterocycles. The molecule has 2 rings (SSSR count). The van der Waals surface area contributed by atoms with Crippen LogP contribution in [0.25, 0.3) is 0 Å². The summed E-state index contributed by atoms with van der Waals surface area (Å²) >= 11 is 6.96. The van der Waals surface area contributed by atoms with E-state index in [1.54, 1.807) is 5.38 Å². The number of carbonyl (C=O) groups is 2. The van der Waals surface area contributed by atoms with Crippen molar-refractivity contribution >= 4 is 50.2 Å². The van der Waals surface area contributed by atoms with Crippen LogP contribution in [0.3, 0.4) is 0 Å². The van der Waals surface area contributed by atoms with Crippen LogP contribution in [0.2, 0.25) is 5.02 Å². The van der Waals surface area contributed by atoms with Crippen molar-refractivity contribution in [1.82, 2.24) is 14.7 Å². The first-order valence-corrected chi connectivity index (χ1v) is 11.4. The lowest BCUT2D eigenvalue weighted by atomic mass is 10.0. The second-order valence-electron chi connectivity index (χ2n) is 6.55. The molecule has 10 heteroatoms. The van der Waals surface area contributed by atoms with Crippen molar-refractivity contribution in [3.63, 3.8) is 0 Å². The SMILES string of the molecule is C=S(=O)(NC(=O)Cc1cncnc1)c1cc(Cl)cs1.CC(=O)C(N)CC(C)C. The summed E-state index contributed by atoms with van der Waals surface area (Å²) in [4.78, 5) is 30.0. The Balaban J connectivity index is 0.000000370.